The molecule has 0 heterocycles. The Labute approximate surface area is 273 Å². The van der Waals surface area contributed by atoms with E-state index in [0.717, 1.165) is 37.6 Å². The van der Waals surface area contributed by atoms with E-state index >= 15 is 0 Å². The van der Waals surface area contributed by atoms with Gasteiger partial charge in [-0.2, -0.15) is 0 Å². The maximum Gasteiger partial charge on any atom is 0.264 e. The van der Waals surface area contributed by atoms with Gasteiger partial charge < -0.3 is 10.2 Å². The molecule has 0 fully saturated rings. The highest BCUT2D eigenvalue weighted by Gasteiger charge is 2.34. The summed E-state index contributed by atoms with van der Waals surface area (Å²) >= 11 is 3.44. The van der Waals surface area contributed by atoms with Gasteiger partial charge in [0.05, 0.1) is 10.6 Å². The van der Waals surface area contributed by atoms with E-state index < -0.39 is 34.3 Å². The fourth-order valence-electron chi connectivity index (χ4n) is 4.74. The minimum Gasteiger partial charge on any atom is -0.354 e. The number of nitrogens with zero attached hydrogens (tertiary/aromatic N) is 2. The van der Waals surface area contributed by atoms with E-state index in [-0.39, 0.29) is 35.4 Å². The van der Waals surface area contributed by atoms with Gasteiger partial charge in [-0.15, -0.1) is 0 Å². The maximum absolute atomic E-state index is 14.4. The first kappa shape index (κ1) is 33.9. The molecule has 1 atom stereocenters. The predicted octanol–water partition coefficient (Wildman–Crippen LogP) is 6.50. The molecular weight excluding hydrogens is 657 g/mol. The Morgan fingerprint density at radius 1 is 0.844 bits per heavy atom. The lowest BCUT2D eigenvalue weighted by molar-refractivity contribution is -0.140. The summed E-state index contributed by atoms with van der Waals surface area (Å²) in [5.74, 6) is -1.29. The second-order valence-corrected chi connectivity index (χ2v) is 14.1. The Morgan fingerprint density at radius 3 is 2.07 bits per heavy atom. The van der Waals surface area contributed by atoms with Crippen LogP contribution in [0.25, 0.3) is 0 Å². The van der Waals surface area contributed by atoms with Crippen molar-refractivity contribution >= 4 is 43.5 Å². The summed E-state index contributed by atoms with van der Waals surface area (Å²) in [4.78, 5) is 29.7. The highest BCUT2D eigenvalue weighted by atomic mass is 79.9. The summed E-state index contributed by atoms with van der Waals surface area (Å²) in [5, 5.41) is 2.97. The highest BCUT2D eigenvalue weighted by Crippen LogP contribution is 2.26. The molecule has 4 rings (SSSR count). The number of amides is 2. The van der Waals surface area contributed by atoms with Gasteiger partial charge in [0.1, 0.15) is 18.4 Å². The largest absolute Gasteiger partial charge is 0.354 e. The average Bonchev–Trinajstić information content (AvgIpc) is 3.02. The Kier molecular flexibility index (Phi) is 11.5. The summed E-state index contributed by atoms with van der Waals surface area (Å²) in [6.07, 6.45) is 0.217. The summed E-state index contributed by atoms with van der Waals surface area (Å²) in [6.45, 7) is 5.66. The standard InChI is InChI=1S/C35H37BrFN3O4S/c1-25(2)22-38-35(42)33(21-27-7-5-4-6-8-27)39(23-28-11-13-29(36)14-12-28)34(41)24-40(31-17-15-30(37)16-18-31)45(43,44)32-19-9-26(3)10-20-32/h4-20,25,33H,21-24H2,1-3H3,(H,38,42)/t33-/m1/s1. The minimum atomic E-state index is -4.26. The highest BCUT2D eigenvalue weighted by molar-refractivity contribution is 9.10. The number of halogens is 2. The smallest absolute Gasteiger partial charge is 0.264 e. The molecule has 0 saturated carbocycles. The van der Waals surface area contributed by atoms with Crippen LogP contribution in [-0.2, 0) is 32.6 Å². The lowest BCUT2D eigenvalue weighted by atomic mass is 10.0. The molecule has 45 heavy (non-hydrogen) atoms. The third kappa shape index (κ3) is 9.25. The van der Waals surface area contributed by atoms with Gasteiger partial charge in [0.15, 0.2) is 0 Å². The second kappa shape index (κ2) is 15.3. The Morgan fingerprint density at radius 2 is 1.47 bits per heavy atom. The molecule has 10 heteroatoms. The topological polar surface area (TPSA) is 86.8 Å². The zero-order valence-electron chi connectivity index (χ0n) is 25.5. The van der Waals surface area contributed by atoms with Gasteiger partial charge in [0.25, 0.3) is 10.0 Å². The molecule has 0 spiro atoms. The van der Waals surface area contributed by atoms with Crippen LogP contribution in [0.4, 0.5) is 10.1 Å². The summed E-state index contributed by atoms with van der Waals surface area (Å²) < 4.78 is 43.8. The van der Waals surface area contributed by atoms with Crippen molar-refractivity contribution in [3.05, 3.63) is 130 Å². The van der Waals surface area contributed by atoms with E-state index in [1.807, 2.05) is 75.4 Å². The van der Waals surface area contributed by atoms with Crippen molar-refractivity contribution in [1.82, 2.24) is 10.2 Å². The van der Waals surface area contributed by atoms with Crippen LogP contribution in [0.2, 0.25) is 0 Å². The number of benzene rings is 4. The van der Waals surface area contributed by atoms with Crippen molar-refractivity contribution in [3.63, 3.8) is 0 Å². The summed E-state index contributed by atoms with van der Waals surface area (Å²) in [5.41, 5.74) is 2.60. The van der Waals surface area contributed by atoms with Gasteiger partial charge in [-0.3, -0.25) is 13.9 Å². The number of hydrogen-bond donors (Lipinski definition) is 1. The third-order valence-corrected chi connectivity index (χ3v) is 9.54. The lowest BCUT2D eigenvalue weighted by Crippen LogP contribution is -2.53. The molecule has 0 unspecified atom stereocenters. The molecular formula is C35H37BrFN3O4S. The van der Waals surface area contributed by atoms with Crippen molar-refractivity contribution in [1.29, 1.82) is 0 Å². The number of nitrogens with one attached hydrogen (secondary N) is 1. The van der Waals surface area contributed by atoms with Gasteiger partial charge in [-0.05, 0) is 72.5 Å². The first-order chi connectivity index (χ1) is 21.4. The van der Waals surface area contributed by atoms with Gasteiger partial charge in [0, 0.05) is 24.0 Å². The van der Waals surface area contributed by atoms with Gasteiger partial charge in [0.2, 0.25) is 11.8 Å². The molecule has 0 saturated heterocycles. The molecule has 0 aliphatic heterocycles. The normalized spacial score (nSPS) is 12.0. The maximum atomic E-state index is 14.4. The first-order valence-corrected chi connectivity index (χ1v) is 16.9. The van der Waals surface area contributed by atoms with Crippen LogP contribution in [-0.4, -0.2) is 44.3 Å². The van der Waals surface area contributed by atoms with E-state index in [4.69, 9.17) is 0 Å². The number of rotatable bonds is 13. The Bertz CT molecular complexity index is 1680. The Balaban J connectivity index is 1.79. The number of carbonyl (C=O) groups excluding carboxylic acids is 2. The first-order valence-electron chi connectivity index (χ1n) is 14.6. The molecule has 0 radical (unpaired) electrons. The lowest BCUT2D eigenvalue weighted by Gasteiger charge is -2.34. The van der Waals surface area contributed by atoms with Crippen LogP contribution in [0.5, 0.6) is 0 Å². The van der Waals surface area contributed by atoms with E-state index in [0.29, 0.717) is 6.54 Å². The van der Waals surface area contributed by atoms with Gasteiger partial charge in [-0.1, -0.05) is 89.9 Å². The molecule has 7 nitrogen and oxygen atoms in total. The zero-order valence-corrected chi connectivity index (χ0v) is 27.9. The fourth-order valence-corrected chi connectivity index (χ4v) is 6.42. The summed E-state index contributed by atoms with van der Waals surface area (Å²) in [6, 6.07) is 27.0. The molecule has 0 aromatic heterocycles. The van der Waals surface area contributed by atoms with Crippen LogP contribution >= 0.6 is 15.9 Å². The van der Waals surface area contributed by atoms with Crippen molar-refractivity contribution in [2.24, 2.45) is 5.92 Å². The fraction of sp³-hybridized carbons (Fsp3) is 0.257. The van der Waals surface area contributed by atoms with Gasteiger partial charge in [-0.25, -0.2) is 12.8 Å². The number of sulfonamides is 1. The number of hydrogen-bond acceptors (Lipinski definition) is 4. The molecule has 4 aromatic carbocycles. The Hall–Kier alpha value is -4.02. The SMILES string of the molecule is Cc1ccc(S(=O)(=O)N(CC(=O)N(Cc2ccc(Br)cc2)[C@H](Cc2ccccc2)C(=O)NCC(C)C)c2ccc(F)cc2)cc1. The van der Waals surface area contributed by atoms with Crippen LogP contribution in [0, 0.1) is 18.7 Å². The van der Waals surface area contributed by atoms with Gasteiger partial charge >= 0.3 is 0 Å². The van der Waals surface area contributed by atoms with Crippen molar-refractivity contribution in [2.75, 3.05) is 17.4 Å². The second-order valence-electron chi connectivity index (χ2n) is 11.3. The van der Waals surface area contributed by atoms with Crippen LogP contribution in [0.15, 0.2) is 112 Å². The van der Waals surface area contributed by atoms with Crippen molar-refractivity contribution in [3.8, 4) is 0 Å². The van der Waals surface area contributed by atoms with E-state index in [1.54, 1.807) is 12.1 Å². The van der Waals surface area contributed by atoms with Crippen LogP contribution in [0.1, 0.15) is 30.5 Å². The molecule has 0 aliphatic rings. The third-order valence-electron chi connectivity index (χ3n) is 7.22. The van der Waals surface area contributed by atoms with E-state index in [2.05, 4.69) is 21.2 Å². The van der Waals surface area contributed by atoms with Crippen molar-refractivity contribution in [2.45, 2.75) is 44.7 Å². The van der Waals surface area contributed by atoms with E-state index in [9.17, 15) is 22.4 Å². The summed E-state index contributed by atoms with van der Waals surface area (Å²) in [7, 11) is -4.26. The van der Waals surface area contributed by atoms with Crippen molar-refractivity contribution < 1.29 is 22.4 Å². The van der Waals surface area contributed by atoms with Crippen LogP contribution < -0.4 is 9.62 Å². The minimum absolute atomic E-state index is 0.0137. The molecule has 2 amide bonds. The number of aryl methyl sites for hydroxylation is 1. The number of carbonyl (C=O) groups is 2. The molecule has 0 aliphatic carbocycles. The van der Waals surface area contributed by atoms with E-state index in [1.165, 1.54) is 29.2 Å². The van der Waals surface area contributed by atoms with Crippen LogP contribution in [0.3, 0.4) is 0 Å². The molecule has 0 bridgehead atoms. The molecule has 4 aromatic rings. The number of anilines is 1. The average molecular weight is 695 g/mol. The quantitative estimate of drug-likeness (QED) is 0.173. The monoisotopic (exact) mass is 693 g/mol. The predicted molar refractivity (Wildman–Crippen MR) is 179 cm³/mol. The zero-order chi connectivity index (χ0) is 32.6. The molecule has 236 valence electrons. The molecule has 1 N–H and O–H groups in total.